The number of esters is 1. The lowest BCUT2D eigenvalue weighted by Crippen LogP contribution is -2.63. The van der Waals surface area contributed by atoms with Crippen LogP contribution in [0.4, 0.5) is 0 Å². The van der Waals surface area contributed by atoms with E-state index >= 15 is 0 Å². The highest BCUT2D eigenvalue weighted by atomic mass is 28.4. The molecule has 0 aromatic rings. The fraction of sp³-hybridized carbons (Fsp3) is 0.800. The molecule has 4 aliphatic rings. The maximum Gasteiger partial charge on any atom is 0.319 e. The Bertz CT molecular complexity index is 406. The van der Waals surface area contributed by atoms with Crippen molar-refractivity contribution in [3.8, 4) is 0 Å². The van der Waals surface area contributed by atoms with Crippen LogP contribution in [0.2, 0.25) is 19.6 Å². The second-order valence-corrected chi connectivity index (χ2v) is 11.7. The van der Waals surface area contributed by atoms with Crippen LogP contribution in [0.15, 0.2) is 12.2 Å². The van der Waals surface area contributed by atoms with Crippen molar-refractivity contribution in [2.45, 2.75) is 64.0 Å². The number of hydrogen-bond acceptors (Lipinski definition) is 3. The summed E-state index contributed by atoms with van der Waals surface area (Å²) >= 11 is 0. The van der Waals surface area contributed by atoms with Gasteiger partial charge in [-0.25, -0.2) is 0 Å². The Balaban J connectivity index is 2.00. The van der Waals surface area contributed by atoms with Crippen molar-refractivity contribution in [1.29, 1.82) is 0 Å². The van der Waals surface area contributed by atoms with E-state index in [-0.39, 0.29) is 18.2 Å². The molecule has 2 bridgehead atoms. The molecule has 3 nitrogen and oxygen atoms in total. The van der Waals surface area contributed by atoms with Crippen LogP contribution >= 0.6 is 0 Å². The zero-order chi connectivity index (χ0) is 13.8. The number of rotatable bonds is 2. The zero-order valence-electron chi connectivity index (χ0n) is 12.2. The average molecular weight is 280 g/mol. The minimum absolute atomic E-state index is 0.000772. The van der Waals surface area contributed by atoms with Gasteiger partial charge in [-0.05, 0) is 44.8 Å². The lowest BCUT2D eigenvalue weighted by Gasteiger charge is -2.57. The van der Waals surface area contributed by atoms with E-state index in [9.17, 15) is 4.79 Å². The summed E-state index contributed by atoms with van der Waals surface area (Å²) in [6, 6.07) is 0. The summed E-state index contributed by atoms with van der Waals surface area (Å²) in [4.78, 5) is 12.6. The minimum Gasteiger partial charge on any atom is -0.461 e. The predicted octanol–water partition coefficient (Wildman–Crippen LogP) is 3.27. The van der Waals surface area contributed by atoms with Gasteiger partial charge in [-0.1, -0.05) is 18.6 Å². The summed E-state index contributed by atoms with van der Waals surface area (Å²) in [5, 5.41) is 0. The number of carbonyl (C=O) groups excluding carboxylic acids is 1. The maximum atomic E-state index is 12.6. The monoisotopic (exact) mass is 280 g/mol. The van der Waals surface area contributed by atoms with Crippen molar-refractivity contribution in [1.82, 2.24) is 0 Å². The molecule has 0 unspecified atom stereocenters. The van der Waals surface area contributed by atoms with Crippen molar-refractivity contribution in [3.63, 3.8) is 0 Å². The zero-order valence-corrected chi connectivity index (χ0v) is 13.2. The molecule has 0 N–H and O–H groups in total. The van der Waals surface area contributed by atoms with Crippen molar-refractivity contribution >= 4 is 14.3 Å². The van der Waals surface area contributed by atoms with Gasteiger partial charge in [0.05, 0.1) is 6.10 Å². The van der Waals surface area contributed by atoms with Crippen LogP contribution in [-0.2, 0) is 14.0 Å². The first-order valence-corrected chi connectivity index (χ1v) is 10.8. The smallest absolute Gasteiger partial charge is 0.319 e. The van der Waals surface area contributed by atoms with Gasteiger partial charge in [0.25, 0.3) is 0 Å². The van der Waals surface area contributed by atoms with Gasteiger partial charge in [0, 0.05) is 6.42 Å². The molecule has 2 heterocycles. The number of hydrogen-bond donors (Lipinski definition) is 0. The summed E-state index contributed by atoms with van der Waals surface area (Å²) in [6.45, 7) is 10.8. The number of carbonyl (C=O) groups is 1. The van der Waals surface area contributed by atoms with Crippen LogP contribution in [0, 0.1) is 11.3 Å². The van der Waals surface area contributed by atoms with Crippen LogP contribution in [0.3, 0.4) is 0 Å². The van der Waals surface area contributed by atoms with Crippen molar-refractivity contribution in [2.24, 2.45) is 11.3 Å². The summed E-state index contributed by atoms with van der Waals surface area (Å²) in [5.41, 5.74) is 0.556. The Kier molecular flexibility index (Phi) is 2.95. The van der Waals surface area contributed by atoms with Crippen molar-refractivity contribution in [2.75, 3.05) is 0 Å². The summed E-state index contributed by atoms with van der Waals surface area (Å²) in [5.74, 6) is 0.350. The normalized spacial score (nSPS) is 41.9. The summed E-state index contributed by atoms with van der Waals surface area (Å²) < 4.78 is 12.0. The second kappa shape index (κ2) is 4.19. The Labute approximate surface area is 116 Å². The van der Waals surface area contributed by atoms with E-state index < -0.39 is 13.7 Å². The molecule has 4 rings (SSSR count). The van der Waals surface area contributed by atoms with E-state index in [4.69, 9.17) is 9.16 Å². The fourth-order valence-electron chi connectivity index (χ4n) is 4.29. The SMILES string of the molecule is C=C1C[C@H]2C[C@@H]3CCC[C@H](O[Si](C)(C)C)[C@@]13C(=O)O2. The van der Waals surface area contributed by atoms with Crippen molar-refractivity contribution in [3.05, 3.63) is 12.2 Å². The Morgan fingerprint density at radius 1 is 1.37 bits per heavy atom. The van der Waals surface area contributed by atoms with E-state index in [2.05, 4.69) is 26.2 Å². The van der Waals surface area contributed by atoms with E-state index in [1.807, 2.05) is 0 Å². The molecular weight excluding hydrogens is 256 g/mol. The molecule has 4 atom stereocenters. The molecule has 0 amide bonds. The molecule has 0 aromatic carbocycles. The molecule has 4 heteroatoms. The molecule has 2 saturated heterocycles. The molecule has 106 valence electrons. The van der Waals surface area contributed by atoms with Gasteiger partial charge < -0.3 is 9.16 Å². The van der Waals surface area contributed by atoms with E-state index in [1.54, 1.807) is 0 Å². The first kappa shape index (κ1) is 13.4. The van der Waals surface area contributed by atoms with Gasteiger partial charge in [0.2, 0.25) is 0 Å². The topological polar surface area (TPSA) is 35.5 Å². The first-order valence-electron chi connectivity index (χ1n) is 7.41. The molecule has 1 spiro atoms. The van der Waals surface area contributed by atoms with Gasteiger partial charge in [-0.15, -0.1) is 0 Å². The summed E-state index contributed by atoms with van der Waals surface area (Å²) in [7, 11) is -1.68. The molecule has 19 heavy (non-hydrogen) atoms. The van der Waals surface area contributed by atoms with Crippen LogP contribution in [-0.4, -0.2) is 26.5 Å². The molecule has 2 aliphatic carbocycles. The largest absolute Gasteiger partial charge is 0.461 e. The molecule has 2 saturated carbocycles. The molecular formula is C15H24O3Si. The third kappa shape index (κ3) is 1.91. The van der Waals surface area contributed by atoms with Crippen molar-refractivity contribution < 1.29 is 14.0 Å². The van der Waals surface area contributed by atoms with Gasteiger partial charge in [0.1, 0.15) is 11.5 Å². The second-order valence-electron chi connectivity index (χ2n) is 7.29. The van der Waals surface area contributed by atoms with E-state index in [0.717, 1.165) is 37.7 Å². The number of fused-ring (bicyclic) bond motifs is 2. The van der Waals surface area contributed by atoms with Crippen LogP contribution in [0.5, 0.6) is 0 Å². The third-order valence-electron chi connectivity index (χ3n) is 4.88. The van der Waals surface area contributed by atoms with E-state index in [0.29, 0.717) is 5.92 Å². The van der Waals surface area contributed by atoms with Crippen LogP contribution in [0.1, 0.15) is 32.1 Å². The first-order chi connectivity index (χ1) is 8.84. The highest BCUT2D eigenvalue weighted by Gasteiger charge is 2.63. The molecule has 0 aromatic heterocycles. The highest BCUT2D eigenvalue weighted by Crippen LogP contribution is 2.58. The van der Waals surface area contributed by atoms with Crippen LogP contribution in [0.25, 0.3) is 0 Å². The Hall–Kier alpha value is -0.613. The van der Waals surface area contributed by atoms with Gasteiger partial charge in [-0.3, -0.25) is 4.79 Å². The highest BCUT2D eigenvalue weighted by molar-refractivity contribution is 6.69. The Morgan fingerprint density at radius 3 is 2.74 bits per heavy atom. The quantitative estimate of drug-likeness (QED) is 0.442. The summed E-state index contributed by atoms with van der Waals surface area (Å²) in [6.07, 6.45) is 5.19. The molecule has 4 fully saturated rings. The number of ether oxygens (including phenoxy) is 1. The third-order valence-corrected chi connectivity index (χ3v) is 5.88. The standard InChI is InChI=1S/C15H24O3Si/c1-10-8-12-9-11-6-5-7-13(18-19(2,3)4)15(10,11)14(16)17-12/h11-13H,1,5-9H2,2-4H3/t11-,12-,13-,15+/m0/s1. The van der Waals surface area contributed by atoms with Gasteiger partial charge >= 0.3 is 5.97 Å². The lowest BCUT2D eigenvalue weighted by molar-refractivity contribution is -0.197. The fourth-order valence-corrected chi connectivity index (χ4v) is 5.45. The Morgan fingerprint density at radius 2 is 2.11 bits per heavy atom. The van der Waals surface area contributed by atoms with Gasteiger partial charge in [0.15, 0.2) is 8.32 Å². The average Bonchev–Trinajstić information content (AvgIpc) is 2.25. The maximum absolute atomic E-state index is 12.6. The minimum atomic E-state index is -1.68. The lowest BCUT2D eigenvalue weighted by atomic mass is 9.54. The molecule has 0 radical (unpaired) electrons. The van der Waals surface area contributed by atoms with Gasteiger partial charge in [-0.2, -0.15) is 0 Å². The predicted molar refractivity (Wildman–Crippen MR) is 76.2 cm³/mol. The van der Waals surface area contributed by atoms with Crippen LogP contribution < -0.4 is 0 Å². The molecule has 2 aliphatic heterocycles. The van der Waals surface area contributed by atoms with E-state index in [1.165, 1.54) is 0 Å².